The van der Waals surface area contributed by atoms with E-state index >= 15 is 0 Å². The maximum atomic E-state index is 14.3. The molecule has 0 aliphatic carbocycles. The fourth-order valence-corrected chi connectivity index (χ4v) is 8.12. The molecule has 0 saturated heterocycles. The average Bonchev–Trinajstić information content (AvgIpc) is 3.20. The normalized spacial score (nSPS) is 14.2. The monoisotopic (exact) mass is 626 g/mol. The SMILES string of the molecule is NCCOc1cc(Cl)c2sc(S(=O)(=O)NC(c3ccc(S(=O)(=O)C(F)(F)F)c(F)c3)P(=O)(O)O)cc2c1. The first-order chi connectivity index (χ1) is 16.9. The van der Waals surface area contributed by atoms with E-state index in [1.807, 2.05) is 0 Å². The standard InChI is InChI=1S/C18H16ClF4N2O8PS3/c19-12-8-11(33-4-3-24)5-10-7-15(35-16(10)12)37(31,32)25-17(34(26,27)28)9-1-2-14(13(20)6-9)36(29,30)18(21,22)23/h1-2,5-8,17,25H,3-4,24H2,(H2,26,27,28). The highest BCUT2D eigenvalue weighted by molar-refractivity contribution is 7.92. The third-order valence-electron chi connectivity index (χ3n) is 4.64. The highest BCUT2D eigenvalue weighted by Crippen LogP contribution is 2.51. The first kappa shape index (κ1) is 29.7. The number of thiophene rings is 1. The number of ether oxygens (including phenoxy) is 1. The molecular weight excluding hydrogens is 611 g/mol. The van der Waals surface area contributed by atoms with Gasteiger partial charge in [-0.25, -0.2) is 21.2 Å². The zero-order valence-electron chi connectivity index (χ0n) is 17.9. The number of sulfonamides is 1. The van der Waals surface area contributed by atoms with E-state index in [1.54, 1.807) is 4.72 Å². The Bertz CT molecular complexity index is 1610. The van der Waals surface area contributed by atoms with Crippen LogP contribution in [0.2, 0.25) is 5.02 Å². The highest BCUT2D eigenvalue weighted by Gasteiger charge is 2.48. The van der Waals surface area contributed by atoms with Crippen LogP contribution in [0.5, 0.6) is 5.75 Å². The summed E-state index contributed by atoms with van der Waals surface area (Å²) in [4.78, 5) is 17.6. The summed E-state index contributed by atoms with van der Waals surface area (Å²) >= 11 is 6.80. The number of nitrogens with one attached hydrogen (secondary N) is 1. The predicted molar refractivity (Wildman–Crippen MR) is 126 cm³/mol. The van der Waals surface area contributed by atoms with Crippen LogP contribution in [0, 0.1) is 5.82 Å². The largest absolute Gasteiger partial charge is 0.502 e. The third-order valence-corrected chi connectivity index (χ3v) is 10.9. The molecule has 1 unspecified atom stereocenters. The van der Waals surface area contributed by atoms with Gasteiger partial charge in [-0.1, -0.05) is 17.7 Å². The topological polar surface area (TPSA) is 173 Å². The molecule has 0 aliphatic heterocycles. The summed E-state index contributed by atoms with van der Waals surface area (Å²) in [5, 5.41) is 0.399. The second kappa shape index (κ2) is 10.4. The quantitative estimate of drug-likeness (QED) is 0.205. The van der Waals surface area contributed by atoms with Gasteiger partial charge in [-0.05, 0) is 35.2 Å². The molecule has 204 valence electrons. The smallest absolute Gasteiger partial charge is 0.492 e. The van der Waals surface area contributed by atoms with Gasteiger partial charge in [0.1, 0.15) is 33.1 Å². The summed E-state index contributed by atoms with van der Waals surface area (Å²) in [5.74, 6) is -4.19. The van der Waals surface area contributed by atoms with Crippen LogP contribution in [0.1, 0.15) is 11.3 Å². The Morgan fingerprint density at radius 3 is 2.32 bits per heavy atom. The number of nitrogens with two attached hydrogens (primary N) is 1. The van der Waals surface area contributed by atoms with Crippen molar-refractivity contribution in [1.82, 2.24) is 4.72 Å². The zero-order valence-corrected chi connectivity index (χ0v) is 22.0. The minimum absolute atomic E-state index is 0.0910. The Labute approximate surface area is 216 Å². The van der Waals surface area contributed by atoms with Crippen molar-refractivity contribution in [2.45, 2.75) is 20.4 Å². The number of benzene rings is 2. The molecule has 1 atom stereocenters. The van der Waals surface area contributed by atoms with Gasteiger partial charge in [0, 0.05) is 12.6 Å². The number of sulfone groups is 1. The van der Waals surface area contributed by atoms with E-state index in [9.17, 15) is 48.7 Å². The lowest BCUT2D eigenvalue weighted by Crippen LogP contribution is -2.29. The average molecular weight is 627 g/mol. The molecule has 19 heteroatoms. The Balaban J connectivity index is 2.03. The molecule has 37 heavy (non-hydrogen) atoms. The van der Waals surface area contributed by atoms with E-state index in [0.717, 1.165) is 6.07 Å². The molecule has 3 rings (SSSR count). The Kier molecular flexibility index (Phi) is 8.35. The van der Waals surface area contributed by atoms with Crippen molar-refractivity contribution in [3.05, 3.63) is 52.8 Å². The Morgan fingerprint density at radius 2 is 1.78 bits per heavy atom. The fraction of sp³-hybridized carbons (Fsp3) is 0.222. The lowest BCUT2D eigenvalue weighted by atomic mass is 10.2. The van der Waals surface area contributed by atoms with Crippen LogP contribution in [0.15, 0.2) is 45.5 Å². The summed E-state index contributed by atoms with van der Waals surface area (Å²) in [6, 6.07) is 4.65. The molecular formula is C18H16ClF4N2O8PS3. The second-order valence-corrected chi connectivity index (χ2v) is 14.3. The predicted octanol–water partition coefficient (Wildman–Crippen LogP) is 3.48. The van der Waals surface area contributed by atoms with Gasteiger partial charge >= 0.3 is 13.1 Å². The second-order valence-electron chi connectivity index (χ2n) is 7.28. The van der Waals surface area contributed by atoms with Crippen LogP contribution in [-0.4, -0.2) is 45.3 Å². The molecule has 0 radical (unpaired) electrons. The van der Waals surface area contributed by atoms with E-state index in [0.29, 0.717) is 22.8 Å². The van der Waals surface area contributed by atoms with Crippen LogP contribution in [-0.2, 0) is 24.4 Å². The first-order valence-electron chi connectivity index (χ1n) is 9.63. The van der Waals surface area contributed by atoms with Gasteiger partial charge in [-0.15, -0.1) is 11.3 Å². The molecule has 0 bridgehead atoms. The van der Waals surface area contributed by atoms with Gasteiger partial charge in [0.25, 0.3) is 19.9 Å². The number of rotatable bonds is 9. The van der Waals surface area contributed by atoms with Crippen LogP contribution in [0.4, 0.5) is 17.6 Å². The summed E-state index contributed by atoms with van der Waals surface area (Å²) < 4.78 is 121. The van der Waals surface area contributed by atoms with Gasteiger partial charge in [0.15, 0.2) is 0 Å². The van der Waals surface area contributed by atoms with E-state index in [1.165, 1.54) is 12.1 Å². The van der Waals surface area contributed by atoms with Crippen LogP contribution >= 0.6 is 30.5 Å². The molecule has 0 saturated carbocycles. The van der Waals surface area contributed by atoms with Crippen LogP contribution in [0.25, 0.3) is 10.1 Å². The fourth-order valence-electron chi connectivity index (χ4n) is 3.02. The van der Waals surface area contributed by atoms with Crippen molar-refractivity contribution >= 4 is 60.5 Å². The molecule has 10 nitrogen and oxygen atoms in total. The number of halogens is 5. The summed E-state index contributed by atoms with van der Waals surface area (Å²) in [7, 11) is -16.3. The van der Waals surface area contributed by atoms with Crippen LogP contribution < -0.4 is 15.2 Å². The number of hydrogen-bond acceptors (Lipinski definition) is 8. The summed E-state index contributed by atoms with van der Waals surface area (Å²) in [5.41, 5.74) is -1.31. The molecule has 1 heterocycles. The van der Waals surface area contributed by atoms with Gasteiger partial charge in [0.05, 0.1) is 9.72 Å². The molecule has 1 aromatic heterocycles. The van der Waals surface area contributed by atoms with E-state index in [2.05, 4.69) is 0 Å². The molecule has 3 aromatic rings. The summed E-state index contributed by atoms with van der Waals surface area (Å²) in [6.07, 6.45) is 0. The van der Waals surface area contributed by atoms with Crippen molar-refractivity contribution in [3.63, 3.8) is 0 Å². The van der Waals surface area contributed by atoms with Gasteiger partial charge in [-0.2, -0.15) is 17.9 Å². The lowest BCUT2D eigenvalue weighted by molar-refractivity contribution is -0.0437. The maximum absolute atomic E-state index is 14.3. The first-order valence-corrected chi connectivity index (χ1v) is 15.5. The van der Waals surface area contributed by atoms with Crippen LogP contribution in [0.3, 0.4) is 0 Å². The molecule has 0 aliphatic rings. The van der Waals surface area contributed by atoms with Crippen molar-refractivity contribution < 1.29 is 53.5 Å². The van der Waals surface area contributed by atoms with Crippen molar-refractivity contribution in [2.75, 3.05) is 13.2 Å². The van der Waals surface area contributed by atoms with Gasteiger partial charge in [-0.3, -0.25) is 4.57 Å². The van der Waals surface area contributed by atoms with Crippen molar-refractivity contribution in [1.29, 1.82) is 0 Å². The maximum Gasteiger partial charge on any atom is 0.502 e. The lowest BCUT2D eigenvalue weighted by Gasteiger charge is -2.20. The van der Waals surface area contributed by atoms with E-state index < -0.39 is 59.2 Å². The number of alkyl halides is 3. The molecule has 0 amide bonds. The van der Waals surface area contributed by atoms with E-state index in [-0.39, 0.29) is 40.8 Å². The highest BCUT2D eigenvalue weighted by atomic mass is 35.5. The Hall–Kier alpha value is -1.82. The van der Waals surface area contributed by atoms with Gasteiger partial charge < -0.3 is 20.3 Å². The Morgan fingerprint density at radius 1 is 1.14 bits per heavy atom. The minimum Gasteiger partial charge on any atom is -0.492 e. The van der Waals surface area contributed by atoms with Crippen molar-refractivity contribution in [3.8, 4) is 5.75 Å². The molecule has 0 fully saturated rings. The number of hydrogen-bond donors (Lipinski definition) is 4. The zero-order chi connectivity index (χ0) is 28.0. The molecule has 2 aromatic carbocycles. The van der Waals surface area contributed by atoms with Gasteiger partial charge in [0.2, 0.25) is 0 Å². The molecule has 5 N–H and O–H groups in total. The van der Waals surface area contributed by atoms with Crippen molar-refractivity contribution in [2.24, 2.45) is 5.73 Å². The third kappa shape index (κ3) is 6.26. The number of fused-ring (bicyclic) bond motifs is 1. The minimum atomic E-state index is -6.13. The summed E-state index contributed by atoms with van der Waals surface area (Å²) in [6.45, 7) is 0.332. The molecule has 0 spiro atoms. The van der Waals surface area contributed by atoms with E-state index in [4.69, 9.17) is 22.1 Å².